The highest BCUT2D eigenvalue weighted by molar-refractivity contribution is 6.04. The number of benzene rings is 3. The van der Waals surface area contributed by atoms with E-state index in [2.05, 4.69) is 17.5 Å². The molecule has 244 valence electrons. The summed E-state index contributed by atoms with van der Waals surface area (Å²) < 4.78 is 16.4. The average Bonchev–Trinajstić information content (AvgIpc) is 3.06. The molecule has 45 heavy (non-hydrogen) atoms. The van der Waals surface area contributed by atoms with Crippen molar-refractivity contribution < 1.29 is 23.8 Å². The SMILES string of the molecule is CCCCCCCCCCCCCCCCCC(=O)N/N=C/c1c(OC(=O)c2ccc(OC)c(OC)c2)ccc2ccccc12. The van der Waals surface area contributed by atoms with Crippen molar-refractivity contribution in [3.05, 3.63) is 65.7 Å². The molecule has 0 atom stereocenters. The molecule has 0 radical (unpaired) electrons. The molecule has 0 saturated carbocycles. The monoisotopic (exact) mass is 616 g/mol. The lowest BCUT2D eigenvalue weighted by Crippen LogP contribution is -2.17. The van der Waals surface area contributed by atoms with Gasteiger partial charge in [-0.2, -0.15) is 5.10 Å². The number of hydrazone groups is 1. The molecule has 0 spiro atoms. The van der Waals surface area contributed by atoms with E-state index in [9.17, 15) is 9.59 Å². The van der Waals surface area contributed by atoms with Gasteiger partial charge < -0.3 is 14.2 Å². The van der Waals surface area contributed by atoms with Crippen molar-refractivity contribution >= 4 is 28.9 Å². The lowest BCUT2D eigenvalue weighted by Gasteiger charge is -2.12. The molecule has 0 aliphatic carbocycles. The molecule has 0 unspecified atom stereocenters. The molecule has 0 fully saturated rings. The van der Waals surface area contributed by atoms with Crippen LogP contribution in [0.5, 0.6) is 17.2 Å². The third kappa shape index (κ3) is 12.6. The van der Waals surface area contributed by atoms with Crippen LogP contribution in [0.2, 0.25) is 0 Å². The van der Waals surface area contributed by atoms with E-state index < -0.39 is 5.97 Å². The number of unbranched alkanes of at least 4 members (excludes halogenated alkanes) is 14. The van der Waals surface area contributed by atoms with Crippen molar-refractivity contribution in [2.24, 2.45) is 5.10 Å². The minimum atomic E-state index is -0.543. The summed E-state index contributed by atoms with van der Waals surface area (Å²) in [6.45, 7) is 2.27. The number of hydrogen-bond acceptors (Lipinski definition) is 6. The Kier molecular flexibility index (Phi) is 16.6. The van der Waals surface area contributed by atoms with Gasteiger partial charge in [0.05, 0.1) is 26.0 Å². The van der Waals surface area contributed by atoms with Crippen LogP contribution in [0.3, 0.4) is 0 Å². The number of carbonyl (C=O) groups excluding carboxylic acids is 2. The number of hydrogen-bond donors (Lipinski definition) is 1. The quantitative estimate of drug-likeness (QED) is 0.0399. The Hall–Kier alpha value is -3.87. The van der Waals surface area contributed by atoms with Crippen molar-refractivity contribution in [1.29, 1.82) is 0 Å². The highest BCUT2D eigenvalue weighted by atomic mass is 16.5. The Bertz CT molecular complexity index is 1350. The van der Waals surface area contributed by atoms with E-state index in [1.54, 1.807) is 30.5 Å². The first-order valence-corrected chi connectivity index (χ1v) is 16.8. The number of rotatable bonds is 22. The topological polar surface area (TPSA) is 86.2 Å². The third-order valence-corrected chi connectivity index (χ3v) is 8.14. The second-order valence-electron chi connectivity index (χ2n) is 11.7. The van der Waals surface area contributed by atoms with Crippen LogP contribution >= 0.6 is 0 Å². The Morgan fingerprint density at radius 3 is 1.89 bits per heavy atom. The first-order chi connectivity index (χ1) is 22.1. The summed E-state index contributed by atoms with van der Waals surface area (Å²) in [6.07, 6.45) is 21.3. The largest absolute Gasteiger partial charge is 0.493 e. The lowest BCUT2D eigenvalue weighted by molar-refractivity contribution is -0.121. The first-order valence-electron chi connectivity index (χ1n) is 16.8. The van der Waals surface area contributed by atoms with Gasteiger partial charge in [0.25, 0.3) is 0 Å². The van der Waals surface area contributed by atoms with Crippen molar-refractivity contribution in [2.75, 3.05) is 14.2 Å². The van der Waals surface area contributed by atoms with Gasteiger partial charge in [0.15, 0.2) is 11.5 Å². The number of nitrogens with one attached hydrogen (secondary N) is 1. The molecule has 0 aromatic heterocycles. The van der Waals surface area contributed by atoms with Gasteiger partial charge >= 0.3 is 5.97 Å². The number of carbonyl (C=O) groups is 2. The maximum Gasteiger partial charge on any atom is 0.343 e. The van der Waals surface area contributed by atoms with E-state index in [1.807, 2.05) is 30.3 Å². The molecule has 7 heteroatoms. The molecule has 1 amide bonds. The van der Waals surface area contributed by atoms with Crippen molar-refractivity contribution in [3.8, 4) is 17.2 Å². The normalized spacial score (nSPS) is 11.2. The van der Waals surface area contributed by atoms with Crippen LogP contribution in [0.1, 0.15) is 126 Å². The van der Waals surface area contributed by atoms with Gasteiger partial charge in [0.2, 0.25) is 5.91 Å². The molecule has 0 aliphatic heterocycles. The Labute approximate surface area is 269 Å². The van der Waals surface area contributed by atoms with Crippen LogP contribution in [0.25, 0.3) is 10.8 Å². The van der Waals surface area contributed by atoms with Gasteiger partial charge in [0, 0.05) is 12.0 Å². The maximum absolute atomic E-state index is 13.0. The third-order valence-electron chi connectivity index (χ3n) is 8.14. The Morgan fingerprint density at radius 2 is 1.27 bits per heavy atom. The van der Waals surface area contributed by atoms with Crippen LogP contribution < -0.4 is 19.6 Å². The minimum absolute atomic E-state index is 0.120. The molecule has 3 rings (SSSR count). The second-order valence-corrected chi connectivity index (χ2v) is 11.7. The number of amides is 1. The van der Waals surface area contributed by atoms with Gasteiger partial charge in [-0.15, -0.1) is 0 Å². The van der Waals surface area contributed by atoms with Crippen LogP contribution in [0, 0.1) is 0 Å². The van der Waals surface area contributed by atoms with Crippen LogP contribution in [0.15, 0.2) is 59.7 Å². The Morgan fingerprint density at radius 1 is 0.689 bits per heavy atom. The maximum atomic E-state index is 13.0. The fourth-order valence-electron chi connectivity index (χ4n) is 5.50. The fraction of sp³-hybridized carbons (Fsp3) is 0.500. The summed E-state index contributed by atoms with van der Waals surface area (Å²) in [5.41, 5.74) is 3.57. The number of fused-ring (bicyclic) bond motifs is 1. The minimum Gasteiger partial charge on any atom is -0.493 e. The predicted molar refractivity (Wildman–Crippen MR) is 184 cm³/mol. The average molecular weight is 617 g/mol. The van der Waals surface area contributed by atoms with Gasteiger partial charge in [-0.05, 0) is 41.5 Å². The van der Waals surface area contributed by atoms with Gasteiger partial charge in [-0.3, -0.25) is 4.79 Å². The molecule has 0 heterocycles. The zero-order valence-corrected chi connectivity index (χ0v) is 27.6. The van der Waals surface area contributed by atoms with E-state index in [4.69, 9.17) is 14.2 Å². The predicted octanol–water partition coefficient (Wildman–Crippen LogP) is 9.79. The fourth-order valence-corrected chi connectivity index (χ4v) is 5.50. The highest BCUT2D eigenvalue weighted by Gasteiger charge is 2.16. The molecule has 0 bridgehead atoms. The summed E-state index contributed by atoms with van der Waals surface area (Å²) in [6, 6.07) is 16.2. The van der Waals surface area contributed by atoms with Gasteiger partial charge in [0.1, 0.15) is 5.75 Å². The molecular weight excluding hydrogens is 564 g/mol. The summed E-state index contributed by atoms with van der Waals surface area (Å²) in [5, 5.41) is 6.04. The standard InChI is InChI=1S/C38H52N2O5/c1-4-5-6-7-8-9-10-11-12-13-14-15-16-17-18-23-37(41)40-39-29-33-32-22-20-19-21-30(32)24-26-34(33)45-38(42)31-25-27-35(43-2)36(28-31)44-3/h19-22,24-29H,4-18,23H2,1-3H3,(H,40,41)/b39-29+. The van der Waals surface area contributed by atoms with Gasteiger partial charge in [-0.1, -0.05) is 127 Å². The van der Waals surface area contributed by atoms with E-state index in [0.29, 0.717) is 34.8 Å². The zero-order valence-electron chi connectivity index (χ0n) is 27.6. The molecule has 0 saturated heterocycles. The summed E-state index contributed by atoms with van der Waals surface area (Å²) in [5.74, 6) is 0.633. The lowest BCUT2D eigenvalue weighted by atomic mass is 10.0. The first kappa shape index (κ1) is 35.6. The van der Waals surface area contributed by atoms with Crippen molar-refractivity contribution in [2.45, 2.75) is 110 Å². The molecular formula is C38H52N2O5. The molecule has 3 aromatic rings. The molecule has 7 nitrogen and oxygen atoms in total. The Balaban J connectivity index is 1.41. The molecule has 1 N–H and O–H groups in total. The second kappa shape index (κ2) is 21.0. The van der Waals surface area contributed by atoms with Gasteiger partial charge in [-0.25, -0.2) is 10.2 Å². The zero-order chi connectivity index (χ0) is 32.1. The van der Waals surface area contributed by atoms with E-state index in [1.165, 1.54) is 97.7 Å². The summed E-state index contributed by atoms with van der Waals surface area (Å²) >= 11 is 0. The van der Waals surface area contributed by atoms with Crippen LogP contribution in [-0.2, 0) is 4.79 Å². The van der Waals surface area contributed by atoms with Crippen molar-refractivity contribution in [3.63, 3.8) is 0 Å². The van der Waals surface area contributed by atoms with E-state index in [-0.39, 0.29) is 5.91 Å². The molecule has 3 aromatic carbocycles. The smallest absolute Gasteiger partial charge is 0.343 e. The van der Waals surface area contributed by atoms with Crippen LogP contribution in [-0.4, -0.2) is 32.3 Å². The van der Waals surface area contributed by atoms with E-state index in [0.717, 1.165) is 23.6 Å². The summed E-state index contributed by atoms with van der Waals surface area (Å²) in [7, 11) is 3.05. The number of ether oxygens (including phenoxy) is 3. The van der Waals surface area contributed by atoms with E-state index >= 15 is 0 Å². The number of nitrogens with zero attached hydrogens (tertiary/aromatic N) is 1. The summed E-state index contributed by atoms with van der Waals surface area (Å²) in [4.78, 5) is 25.5. The van der Waals surface area contributed by atoms with Crippen LogP contribution in [0.4, 0.5) is 0 Å². The van der Waals surface area contributed by atoms with Crippen molar-refractivity contribution in [1.82, 2.24) is 5.43 Å². The number of esters is 1. The molecule has 0 aliphatic rings. The number of methoxy groups -OCH3 is 2. The highest BCUT2D eigenvalue weighted by Crippen LogP contribution is 2.30.